The van der Waals surface area contributed by atoms with Gasteiger partial charge in [-0.05, 0) is 37.0 Å². The molecule has 1 aromatic carbocycles. The summed E-state index contributed by atoms with van der Waals surface area (Å²) in [6.45, 7) is 3.26. The van der Waals surface area contributed by atoms with Gasteiger partial charge in [-0.1, -0.05) is 31.2 Å². The monoisotopic (exact) mass is 461 g/mol. The number of sulfonamides is 1. The molecule has 3 aromatic rings. The van der Waals surface area contributed by atoms with E-state index in [0.29, 0.717) is 22.4 Å². The van der Waals surface area contributed by atoms with E-state index < -0.39 is 10.0 Å². The van der Waals surface area contributed by atoms with Crippen LogP contribution >= 0.6 is 22.7 Å². The quantitative estimate of drug-likeness (QED) is 0.566. The number of hydrogen-bond donors (Lipinski definition) is 1. The number of aromatic nitrogens is 1. The average Bonchev–Trinajstić information content (AvgIpc) is 3.50. The van der Waals surface area contributed by atoms with Crippen molar-refractivity contribution >= 4 is 43.7 Å². The third-order valence-corrected chi connectivity index (χ3v) is 9.25. The molecule has 2 aromatic heterocycles. The van der Waals surface area contributed by atoms with Gasteiger partial charge in [-0.25, -0.2) is 13.4 Å². The van der Waals surface area contributed by atoms with E-state index in [2.05, 4.69) is 29.4 Å². The fourth-order valence-electron chi connectivity index (χ4n) is 3.34. The number of thiazole rings is 1. The Labute approximate surface area is 184 Å². The van der Waals surface area contributed by atoms with Crippen LogP contribution in [0.5, 0.6) is 0 Å². The highest BCUT2D eigenvalue weighted by atomic mass is 32.2. The van der Waals surface area contributed by atoms with Crippen LogP contribution in [0.4, 0.5) is 5.13 Å². The molecule has 1 fully saturated rings. The van der Waals surface area contributed by atoms with Gasteiger partial charge in [0.2, 0.25) is 5.91 Å². The zero-order valence-electron chi connectivity index (χ0n) is 16.6. The van der Waals surface area contributed by atoms with E-state index in [1.54, 1.807) is 12.1 Å². The van der Waals surface area contributed by atoms with E-state index in [1.807, 2.05) is 17.5 Å². The standard InChI is InChI=1S/C21H23N3O3S3/c1-2-15-5-7-16(8-6-15)18-14-28-21(22-18)23-19(25)13-17-9-10-20(29-17)30(26,27)24-11-3-4-12-24/h5-10,14H,2-4,11-13H2,1H3,(H,22,23,25). The Hall–Kier alpha value is -2.07. The molecule has 1 saturated heterocycles. The van der Waals surface area contributed by atoms with E-state index in [4.69, 9.17) is 0 Å². The molecule has 1 aliphatic heterocycles. The summed E-state index contributed by atoms with van der Waals surface area (Å²) in [5.41, 5.74) is 3.11. The van der Waals surface area contributed by atoms with Gasteiger partial charge in [0.05, 0.1) is 12.1 Å². The molecule has 0 radical (unpaired) electrons. The van der Waals surface area contributed by atoms with Crippen molar-refractivity contribution in [2.24, 2.45) is 0 Å². The van der Waals surface area contributed by atoms with Crippen LogP contribution in [0.25, 0.3) is 11.3 Å². The molecule has 3 heterocycles. The number of rotatable bonds is 7. The van der Waals surface area contributed by atoms with Crippen molar-refractivity contribution < 1.29 is 13.2 Å². The number of thiophene rings is 1. The fraction of sp³-hybridized carbons (Fsp3) is 0.333. The maximum Gasteiger partial charge on any atom is 0.252 e. The lowest BCUT2D eigenvalue weighted by atomic mass is 10.1. The molecule has 1 aliphatic rings. The van der Waals surface area contributed by atoms with Crippen LogP contribution in [0.1, 0.15) is 30.2 Å². The Morgan fingerprint density at radius 2 is 1.87 bits per heavy atom. The van der Waals surface area contributed by atoms with Gasteiger partial charge in [-0.15, -0.1) is 22.7 Å². The Morgan fingerprint density at radius 3 is 2.57 bits per heavy atom. The molecule has 1 amide bonds. The lowest BCUT2D eigenvalue weighted by Gasteiger charge is -2.13. The topological polar surface area (TPSA) is 79.4 Å². The van der Waals surface area contributed by atoms with Gasteiger partial charge in [0.15, 0.2) is 5.13 Å². The minimum atomic E-state index is -3.44. The Balaban J connectivity index is 1.38. The predicted octanol–water partition coefficient (Wildman–Crippen LogP) is 4.40. The summed E-state index contributed by atoms with van der Waals surface area (Å²) in [7, 11) is -3.44. The second kappa shape index (κ2) is 8.97. The summed E-state index contributed by atoms with van der Waals surface area (Å²) in [5.74, 6) is -0.204. The number of nitrogens with zero attached hydrogens (tertiary/aromatic N) is 2. The van der Waals surface area contributed by atoms with Crippen molar-refractivity contribution in [2.75, 3.05) is 18.4 Å². The lowest BCUT2D eigenvalue weighted by molar-refractivity contribution is -0.115. The highest BCUT2D eigenvalue weighted by Gasteiger charge is 2.28. The Morgan fingerprint density at radius 1 is 1.13 bits per heavy atom. The molecule has 0 saturated carbocycles. The zero-order chi connectivity index (χ0) is 21.1. The maximum atomic E-state index is 12.6. The van der Waals surface area contributed by atoms with E-state index in [9.17, 15) is 13.2 Å². The minimum absolute atomic E-state index is 0.125. The molecule has 4 rings (SSSR count). The molecule has 0 atom stereocenters. The molecule has 30 heavy (non-hydrogen) atoms. The largest absolute Gasteiger partial charge is 0.302 e. The fourth-order valence-corrected chi connectivity index (χ4v) is 7.11. The molecule has 1 N–H and O–H groups in total. The average molecular weight is 462 g/mol. The number of hydrogen-bond acceptors (Lipinski definition) is 6. The number of carbonyl (C=O) groups is 1. The number of benzene rings is 1. The third-order valence-electron chi connectivity index (χ3n) is 5.04. The molecule has 0 bridgehead atoms. The summed E-state index contributed by atoms with van der Waals surface area (Å²) in [4.78, 5) is 17.7. The van der Waals surface area contributed by atoms with Crippen LogP contribution < -0.4 is 5.32 Å². The van der Waals surface area contributed by atoms with Gasteiger partial charge in [0.1, 0.15) is 4.21 Å². The van der Waals surface area contributed by atoms with E-state index in [0.717, 1.165) is 46.7 Å². The third kappa shape index (κ3) is 4.64. The number of anilines is 1. The van der Waals surface area contributed by atoms with Gasteiger partial charge in [0, 0.05) is 28.9 Å². The van der Waals surface area contributed by atoms with E-state index in [-0.39, 0.29) is 12.3 Å². The summed E-state index contributed by atoms with van der Waals surface area (Å²) < 4.78 is 27.1. The van der Waals surface area contributed by atoms with Crippen molar-refractivity contribution in [2.45, 2.75) is 36.8 Å². The minimum Gasteiger partial charge on any atom is -0.302 e. The number of aryl methyl sites for hydroxylation is 1. The van der Waals surface area contributed by atoms with Gasteiger partial charge in [-0.3, -0.25) is 4.79 Å². The summed E-state index contributed by atoms with van der Waals surface area (Å²) in [6.07, 6.45) is 2.92. The first kappa shape index (κ1) is 21.2. The molecule has 9 heteroatoms. The molecule has 0 unspecified atom stereocenters. The number of amides is 1. The second-order valence-corrected chi connectivity index (χ2v) is 11.3. The van der Waals surface area contributed by atoms with E-state index in [1.165, 1.54) is 21.2 Å². The molecule has 158 valence electrons. The molecule has 0 aliphatic carbocycles. The van der Waals surface area contributed by atoms with Gasteiger partial charge in [0.25, 0.3) is 10.0 Å². The van der Waals surface area contributed by atoms with Crippen LogP contribution in [0.3, 0.4) is 0 Å². The van der Waals surface area contributed by atoms with Crippen LogP contribution in [-0.4, -0.2) is 36.7 Å². The summed E-state index contributed by atoms with van der Waals surface area (Å²) in [6, 6.07) is 11.5. The highest BCUT2D eigenvalue weighted by Crippen LogP contribution is 2.28. The predicted molar refractivity (Wildman–Crippen MR) is 122 cm³/mol. The molecular formula is C21H23N3O3S3. The first-order chi connectivity index (χ1) is 14.5. The van der Waals surface area contributed by atoms with Crippen LogP contribution in [0, 0.1) is 0 Å². The number of carbonyl (C=O) groups excluding carboxylic acids is 1. The Bertz CT molecular complexity index is 1130. The summed E-state index contributed by atoms with van der Waals surface area (Å²) in [5, 5.41) is 5.28. The summed E-state index contributed by atoms with van der Waals surface area (Å²) >= 11 is 2.54. The van der Waals surface area contributed by atoms with Gasteiger partial charge in [-0.2, -0.15) is 4.31 Å². The van der Waals surface area contributed by atoms with Crippen molar-refractivity contribution in [3.05, 3.63) is 52.2 Å². The molecule has 6 nitrogen and oxygen atoms in total. The van der Waals surface area contributed by atoms with Crippen molar-refractivity contribution in [1.82, 2.24) is 9.29 Å². The first-order valence-corrected chi connectivity index (χ1v) is 13.0. The SMILES string of the molecule is CCc1ccc(-c2csc(NC(=O)Cc3ccc(S(=O)(=O)N4CCCC4)s3)n2)cc1. The molecular weight excluding hydrogens is 438 g/mol. The first-order valence-electron chi connectivity index (χ1n) is 9.89. The highest BCUT2D eigenvalue weighted by molar-refractivity contribution is 7.91. The van der Waals surface area contributed by atoms with Crippen molar-refractivity contribution in [3.63, 3.8) is 0 Å². The van der Waals surface area contributed by atoms with Crippen LogP contribution in [0.15, 0.2) is 46.0 Å². The maximum absolute atomic E-state index is 12.6. The van der Waals surface area contributed by atoms with Gasteiger partial charge < -0.3 is 5.32 Å². The van der Waals surface area contributed by atoms with Crippen molar-refractivity contribution in [3.8, 4) is 11.3 Å². The van der Waals surface area contributed by atoms with Crippen LogP contribution in [0.2, 0.25) is 0 Å². The van der Waals surface area contributed by atoms with Crippen LogP contribution in [-0.2, 0) is 27.7 Å². The smallest absolute Gasteiger partial charge is 0.252 e. The lowest BCUT2D eigenvalue weighted by Crippen LogP contribution is -2.27. The van der Waals surface area contributed by atoms with E-state index >= 15 is 0 Å². The van der Waals surface area contributed by atoms with Crippen molar-refractivity contribution in [1.29, 1.82) is 0 Å². The Kier molecular flexibility index (Phi) is 6.33. The van der Waals surface area contributed by atoms with Gasteiger partial charge >= 0.3 is 0 Å². The molecule has 0 spiro atoms. The normalized spacial score (nSPS) is 14.8. The zero-order valence-corrected chi connectivity index (χ0v) is 19.1. The number of nitrogens with one attached hydrogen (secondary N) is 1. The second-order valence-electron chi connectivity index (χ2n) is 7.15.